The van der Waals surface area contributed by atoms with Crippen molar-refractivity contribution in [3.05, 3.63) is 29.3 Å². The molecule has 0 aliphatic rings. The van der Waals surface area contributed by atoms with Gasteiger partial charge in [0.1, 0.15) is 4.99 Å². The number of benzene rings is 1. The summed E-state index contributed by atoms with van der Waals surface area (Å²) >= 11 is 4.62. The number of halogens is 2. The standard InChI is InChI=1S/C11H14F2N2OS/c1-2-15(5-6-16)8-4-3-7(11(14)17)9(12)10(8)13/h3-4,16H,2,5-6H2,1H3,(H2,14,17). The Morgan fingerprint density at radius 2 is 2.06 bits per heavy atom. The third kappa shape index (κ3) is 2.89. The third-order valence-electron chi connectivity index (χ3n) is 2.42. The Kier molecular flexibility index (Phi) is 4.77. The van der Waals surface area contributed by atoms with E-state index in [4.69, 9.17) is 10.8 Å². The minimum atomic E-state index is -1.05. The van der Waals surface area contributed by atoms with Crippen molar-refractivity contribution < 1.29 is 13.9 Å². The highest BCUT2D eigenvalue weighted by atomic mass is 32.1. The van der Waals surface area contributed by atoms with Gasteiger partial charge >= 0.3 is 0 Å². The molecule has 17 heavy (non-hydrogen) atoms. The fourth-order valence-electron chi connectivity index (χ4n) is 1.54. The van der Waals surface area contributed by atoms with Crippen LogP contribution in [-0.4, -0.2) is 29.8 Å². The molecule has 0 aromatic heterocycles. The van der Waals surface area contributed by atoms with Gasteiger partial charge in [-0.15, -0.1) is 0 Å². The molecule has 0 amide bonds. The monoisotopic (exact) mass is 260 g/mol. The second-order valence-corrected chi connectivity index (χ2v) is 3.87. The first-order valence-electron chi connectivity index (χ1n) is 5.16. The number of rotatable bonds is 5. The fourth-order valence-corrected chi connectivity index (χ4v) is 1.70. The SMILES string of the molecule is CCN(CCO)c1ccc(C(N)=S)c(F)c1F. The van der Waals surface area contributed by atoms with E-state index in [9.17, 15) is 8.78 Å². The molecule has 0 aliphatic heterocycles. The van der Waals surface area contributed by atoms with Crippen LogP contribution in [0.1, 0.15) is 12.5 Å². The Bertz CT molecular complexity index is 426. The fraction of sp³-hybridized carbons (Fsp3) is 0.364. The first-order chi connectivity index (χ1) is 8.02. The van der Waals surface area contributed by atoms with E-state index in [1.807, 2.05) is 0 Å². The molecule has 0 heterocycles. The van der Waals surface area contributed by atoms with Gasteiger partial charge in [0.15, 0.2) is 11.6 Å². The summed E-state index contributed by atoms with van der Waals surface area (Å²) < 4.78 is 27.4. The maximum absolute atomic E-state index is 13.8. The van der Waals surface area contributed by atoms with Crippen LogP contribution < -0.4 is 10.6 Å². The van der Waals surface area contributed by atoms with E-state index in [0.717, 1.165) is 0 Å². The van der Waals surface area contributed by atoms with Gasteiger partial charge in [-0.25, -0.2) is 8.78 Å². The molecule has 0 saturated heterocycles. The smallest absolute Gasteiger partial charge is 0.182 e. The van der Waals surface area contributed by atoms with Crippen LogP contribution in [0.25, 0.3) is 0 Å². The lowest BCUT2D eigenvalue weighted by atomic mass is 10.1. The van der Waals surface area contributed by atoms with Crippen LogP contribution in [0.3, 0.4) is 0 Å². The van der Waals surface area contributed by atoms with Crippen molar-refractivity contribution in [2.24, 2.45) is 5.73 Å². The topological polar surface area (TPSA) is 49.5 Å². The Hall–Kier alpha value is -1.27. The van der Waals surface area contributed by atoms with Crippen molar-refractivity contribution in [2.45, 2.75) is 6.92 Å². The van der Waals surface area contributed by atoms with E-state index in [0.29, 0.717) is 6.54 Å². The Labute approximate surface area is 104 Å². The molecule has 94 valence electrons. The average Bonchev–Trinajstić information content (AvgIpc) is 2.29. The van der Waals surface area contributed by atoms with Gasteiger partial charge in [0, 0.05) is 18.7 Å². The second-order valence-electron chi connectivity index (χ2n) is 3.43. The van der Waals surface area contributed by atoms with Crippen molar-refractivity contribution in [3.8, 4) is 0 Å². The van der Waals surface area contributed by atoms with E-state index in [-0.39, 0.29) is 29.4 Å². The third-order valence-corrected chi connectivity index (χ3v) is 2.64. The lowest BCUT2D eigenvalue weighted by molar-refractivity contribution is 0.302. The summed E-state index contributed by atoms with van der Waals surface area (Å²) in [7, 11) is 0. The molecular formula is C11H14F2N2OS. The number of anilines is 1. The van der Waals surface area contributed by atoms with Gasteiger partial charge in [0.25, 0.3) is 0 Å². The summed E-state index contributed by atoms with van der Waals surface area (Å²) in [5, 5.41) is 8.83. The van der Waals surface area contributed by atoms with Crippen LogP contribution in [0.4, 0.5) is 14.5 Å². The van der Waals surface area contributed by atoms with Crippen molar-refractivity contribution in [3.63, 3.8) is 0 Å². The maximum Gasteiger partial charge on any atom is 0.182 e. The molecule has 3 nitrogen and oxygen atoms in total. The zero-order valence-corrected chi connectivity index (χ0v) is 10.2. The van der Waals surface area contributed by atoms with Gasteiger partial charge in [0.2, 0.25) is 0 Å². The van der Waals surface area contributed by atoms with Crippen molar-refractivity contribution >= 4 is 22.9 Å². The Balaban J connectivity index is 3.19. The van der Waals surface area contributed by atoms with Gasteiger partial charge in [-0.05, 0) is 19.1 Å². The van der Waals surface area contributed by atoms with Crippen LogP contribution >= 0.6 is 12.2 Å². The molecule has 0 radical (unpaired) electrons. The summed E-state index contributed by atoms with van der Waals surface area (Å²) in [6.45, 7) is 2.35. The van der Waals surface area contributed by atoms with Crippen LogP contribution in [0.5, 0.6) is 0 Å². The van der Waals surface area contributed by atoms with Crippen LogP contribution in [-0.2, 0) is 0 Å². The highest BCUT2D eigenvalue weighted by molar-refractivity contribution is 7.80. The zero-order valence-electron chi connectivity index (χ0n) is 9.41. The normalized spacial score (nSPS) is 10.4. The van der Waals surface area contributed by atoms with Crippen LogP contribution in [0, 0.1) is 11.6 Å². The Morgan fingerprint density at radius 3 is 2.53 bits per heavy atom. The molecule has 0 spiro atoms. The van der Waals surface area contributed by atoms with Gasteiger partial charge in [-0.3, -0.25) is 0 Å². The minimum absolute atomic E-state index is 0.0963. The van der Waals surface area contributed by atoms with E-state index in [1.165, 1.54) is 17.0 Å². The lowest BCUT2D eigenvalue weighted by Gasteiger charge is -2.23. The second kappa shape index (κ2) is 5.88. The summed E-state index contributed by atoms with van der Waals surface area (Å²) in [5.74, 6) is -2.04. The van der Waals surface area contributed by atoms with Crippen LogP contribution in [0.15, 0.2) is 12.1 Å². The lowest BCUT2D eigenvalue weighted by Crippen LogP contribution is -2.27. The molecular weight excluding hydrogens is 246 g/mol. The highest BCUT2D eigenvalue weighted by Crippen LogP contribution is 2.24. The average molecular weight is 260 g/mol. The van der Waals surface area contributed by atoms with E-state index < -0.39 is 11.6 Å². The molecule has 1 aromatic carbocycles. The van der Waals surface area contributed by atoms with Gasteiger partial charge in [0.05, 0.1) is 12.3 Å². The van der Waals surface area contributed by atoms with Gasteiger partial charge < -0.3 is 15.7 Å². The molecule has 3 N–H and O–H groups in total. The molecule has 0 fully saturated rings. The van der Waals surface area contributed by atoms with Gasteiger partial charge in [-0.1, -0.05) is 12.2 Å². The molecule has 0 unspecified atom stereocenters. The molecule has 0 saturated carbocycles. The number of thiocarbonyl (C=S) groups is 1. The largest absolute Gasteiger partial charge is 0.395 e. The minimum Gasteiger partial charge on any atom is -0.395 e. The number of nitrogens with two attached hydrogens (primary N) is 1. The molecule has 1 rings (SSSR count). The first-order valence-corrected chi connectivity index (χ1v) is 5.57. The molecule has 1 aromatic rings. The first kappa shape index (κ1) is 13.8. The molecule has 0 atom stereocenters. The number of likely N-dealkylation sites (N-methyl/N-ethyl adjacent to an activating group) is 1. The predicted molar refractivity (Wildman–Crippen MR) is 67.2 cm³/mol. The molecule has 0 bridgehead atoms. The maximum atomic E-state index is 13.8. The number of aliphatic hydroxyl groups is 1. The zero-order chi connectivity index (χ0) is 13.0. The predicted octanol–water partition coefficient (Wildman–Crippen LogP) is 1.42. The van der Waals surface area contributed by atoms with Gasteiger partial charge in [-0.2, -0.15) is 0 Å². The van der Waals surface area contributed by atoms with Crippen molar-refractivity contribution in [1.29, 1.82) is 0 Å². The number of hydrogen-bond acceptors (Lipinski definition) is 3. The highest BCUT2D eigenvalue weighted by Gasteiger charge is 2.18. The summed E-state index contributed by atoms with van der Waals surface area (Å²) in [5.41, 5.74) is 5.26. The van der Waals surface area contributed by atoms with E-state index >= 15 is 0 Å². The van der Waals surface area contributed by atoms with Crippen molar-refractivity contribution in [1.82, 2.24) is 0 Å². The van der Waals surface area contributed by atoms with E-state index in [1.54, 1.807) is 6.92 Å². The molecule has 6 heteroatoms. The molecule has 0 aliphatic carbocycles. The van der Waals surface area contributed by atoms with Crippen LogP contribution in [0.2, 0.25) is 0 Å². The Morgan fingerprint density at radius 1 is 1.41 bits per heavy atom. The quantitative estimate of drug-likeness (QED) is 0.786. The van der Waals surface area contributed by atoms with Crippen molar-refractivity contribution in [2.75, 3.05) is 24.6 Å². The number of hydrogen-bond donors (Lipinski definition) is 2. The summed E-state index contributed by atoms with van der Waals surface area (Å²) in [6, 6.07) is 2.75. The number of aliphatic hydroxyl groups excluding tert-OH is 1. The van der Waals surface area contributed by atoms with E-state index in [2.05, 4.69) is 12.2 Å². The summed E-state index contributed by atoms with van der Waals surface area (Å²) in [6.07, 6.45) is 0. The number of nitrogens with zero attached hydrogens (tertiary/aromatic N) is 1. The summed E-state index contributed by atoms with van der Waals surface area (Å²) in [4.78, 5) is 1.35.